The van der Waals surface area contributed by atoms with Gasteiger partial charge in [-0.05, 0) is 41.2 Å². The highest BCUT2D eigenvalue weighted by Gasteiger charge is 2.12. The number of aliphatic hydroxyl groups excluding tert-OH is 1. The summed E-state index contributed by atoms with van der Waals surface area (Å²) < 4.78 is 1.08. The molecule has 1 nitrogen and oxygen atoms in total. The quantitative estimate of drug-likeness (QED) is 0.836. The zero-order valence-electron chi connectivity index (χ0n) is 10.9. The Bertz CT molecular complexity index is 534. The average molecular weight is 307 g/mol. The summed E-state index contributed by atoms with van der Waals surface area (Å²) in [4.78, 5) is 0. The van der Waals surface area contributed by atoms with Gasteiger partial charge in [0.2, 0.25) is 0 Å². The summed E-state index contributed by atoms with van der Waals surface area (Å²) in [6.45, 7) is 4.37. The number of hydrogen-bond acceptors (Lipinski definition) is 1. The molecule has 0 spiro atoms. The van der Waals surface area contributed by atoms with Crippen molar-refractivity contribution in [3.63, 3.8) is 0 Å². The largest absolute Gasteiger partial charge is 0.388 e. The van der Waals surface area contributed by atoms with Gasteiger partial charge in [-0.2, -0.15) is 0 Å². The maximum atomic E-state index is 10.3. The summed E-state index contributed by atoms with van der Waals surface area (Å²) in [5.74, 6) is 0.626. The zero-order chi connectivity index (χ0) is 13.1. The summed E-state index contributed by atoms with van der Waals surface area (Å²) in [7, 11) is 0. The van der Waals surface area contributed by atoms with E-state index in [1.807, 2.05) is 24.3 Å². The predicted molar refractivity (Wildman–Crippen MR) is 80.7 cm³/mol. The molecule has 0 saturated heterocycles. The van der Waals surface area contributed by atoms with Gasteiger partial charge in [-0.3, -0.25) is 0 Å². The SMILES string of the molecule is CC(C)CCC(O)c1ccc(Br)c2ccccc12. The molecular weight excluding hydrogens is 288 g/mol. The Morgan fingerprint density at radius 1 is 1.00 bits per heavy atom. The first-order valence-electron chi connectivity index (χ1n) is 6.45. The lowest BCUT2D eigenvalue weighted by atomic mass is 9.95. The summed E-state index contributed by atoms with van der Waals surface area (Å²) in [5, 5.41) is 12.7. The van der Waals surface area contributed by atoms with Crippen LogP contribution in [0.1, 0.15) is 38.4 Å². The van der Waals surface area contributed by atoms with E-state index in [1.165, 1.54) is 5.39 Å². The molecule has 2 rings (SSSR count). The fourth-order valence-electron chi connectivity index (χ4n) is 2.22. The lowest BCUT2D eigenvalue weighted by Crippen LogP contribution is -2.01. The highest BCUT2D eigenvalue weighted by molar-refractivity contribution is 9.10. The van der Waals surface area contributed by atoms with Gasteiger partial charge in [0.1, 0.15) is 0 Å². The number of rotatable bonds is 4. The molecule has 18 heavy (non-hydrogen) atoms. The number of fused-ring (bicyclic) bond motifs is 1. The minimum Gasteiger partial charge on any atom is -0.388 e. The van der Waals surface area contributed by atoms with Gasteiger partial charge in [0.25, 0.3) is 0 Å². The van der Waals surface area contributed by atoms with Crippen molar-refractivity contribution in [3.8, 4) is 0 Å². The second kappa shape index (κ2) is 5.85. The molecule has 2 aromatic rings. The number of aliphatic hydroxyl groups is 1. The van der Waals surface area contributed by atoms with Crippen LogP contribution >= 0.6 is 15.9 Å². The third-order valence-corrected chi connectivity index (χ3v) is 3.97. The molecule has 2 aromatic carbocycles. The van der Waals surface area contributed by atoms with E-state index in [2.05, 4.69) is 41.9 Å². The Morgan fingerprint density at radius 3 is 2.33 bits per heavy atom. The van der Waals surface area contributed by atoms with Gasteiger partial charge in [0.05, 0.1) is 6.10 Å². The van der Waals surface area contributed by atoms with Crippen molar-refractivity contribution in [3.05, 3.63) is 46.4 Å². The van der Waals surface area contributed by atoms with Gasteiger partial charge in [0.15, 0.2) is 0 Å². The first-order valence-corrected chi connectivity index (χ1v) is 7.24. The molecule has 1 unspecified atom stereocenters. The normalized spacial score (nSPS) is 13.2. The van der Waals surface area contributed by atoms with Gasteiger partial charge >= 0.3 is 0 Å². The van der Waals surface area contributed by atoms with Crippen molar-refractivity contribution >= 4 is 26.7 Å². The molecule has 0 aliphatic heterocycles. The van der Waals surface area contributed by atoms with Crippen LogP contribution in [0.3, 0.4) is 0 Å². The Balaban J connectivity index is 2.36. The van der Waals surface area contributed by atoms with Crippen LogP contribution in [-0.4, -0.2) is 5.11 Å². The van der Waals surface area contributed by atoms with Crippen LogP contribution in [0.25, 0.3) is 10.8 Å². The number of benzene rings is 2. The molecule has 0 bridgehead atoms. The lowest BCUT2D eigenvalue weighted by Gasteiger charge is -2.15. The molecule has 0 fully saturated rings. The smallest absolute Gasteiger partial charge is 0.0796 e. The minimum absolute atomic E-state index is 0.370. The van der Waals surface area contributed by atoms with Crippen LogP contribution < -0.4 is 0 Å². The van der Waals surface area contributed by atoms with E-state index in [0.29, 0.717) is 5.92 Å². The molecule has 96 valence electrons. The molecule has 0 aliphatic carbocycles. The summed E-state index contributed by atoms with van der Waals surface area (Å²) >= 11 is 3.56. The van der Waals surface area contributed by atoms with E-state index < -0.39 is 0 Å². The van der Waals surface area contributed by atoms with Crippen molar-refractivity contribution in [1.82, 2.24) is 0 Å². The third kappa shape index (κ3) is 2.93. The van der Waals surface area contributed by atoms with Gasteiger partial charge in [-0.25, -0.2) is 0 Å². The number of halogens is 1. The van der Waals surface area contributed by atoms with Crippen LogP contribution in [0, 0.1) is 5.92 Å². The molecule has 1 atom stereocenters. The molecular formula is C16H19BrO. The molecule has 0 aliphatic rings. The van der Waals surface area contributed by atoms with Crippen molar-refractivity contribution < 1.29 is 5.11 Å². The first kappa shape index (κ1) is 13.6. The van der Waals surface area contributed by atoms with E-state index in [-0.39, 0.29) is 6.10 Å². The molecule has 0 amide bonds. The summed E-state index contributed by atoms with van der Waals surface area (Å²) in [5.41, 5.74) is 1.04. The third-order valence-electron chi connectivity index (χ3n) is 3.28. The topological polar surface area (TPSA) is 20.2 Å². The van der Waals surface area contributed by atoms with E-state index in [4.69, 9.17) is 0 Å². The van der Waals surface area contributed by atoms with Gasteiger partial charge in [-0.15, -0.1) is 0 Å². The van der Waals surface area contributed by atoms with Crippen LogP contribution in [0.4, 0.5) is 0 Å². The summed E-state index contributed by atoms with van der Waals surface area (Å²) in [6, 6.07) is 12.3. The molecule has 0 aromatic heterocycles. The Hall–Kier alpha value is -0.860. The standard InChI is InChI=1S/C16H19BrO/c1-11(2)7-10-16(18)14-8-9-15(17)13-6-4-3-5-12(13)14/h3-6,8-9,11,16,18H,7,10H2,1-2H3. The monoisotopic (exact) mass is 306 g/mol. The lowest BCUT2D eigenvalue weighted by molar-refractivity contribution is 0.160. The average Bonchev–Trinajstić information content (AvgIpc) is 2.37. The van der Waals surface area contributed by atoms with Crippen molar-refractivity contribution in [2.24, 2.45) is 5.92 Å². The fourth-order valence-corrected chi connectivity index (χ4v) is 2.70. The van der Waals surface area contributed by atoms with E-state index in [0.717, 1.165) is 28.3 Å². The summed E-state index contributed by atoms with van der Waals surface area (Å²) in [6.07, 6.45) is 1.50. The van der Waals surface area contributed by atoms with E-state index in [9.17, 15) is 5.11 Å². The van der Waals surface area contributed by atoms with E-state index >= 15 is 0 Å². The predicted octanol–water partition coefficient (Wildman–Crippen LogP) is 5.07. The van der Waals surface area contributed by atoms with Crippen molar-refractivity contribution in [2.45, 2.75) is 32.8 Å². The van der Waals surface area contributed by atoms with E-state index in [1.54, 1.807) is 0 Å². The van der Waals surface area contributed by atoms with Crippen molar-refractivity contribution in [2.75, 3.05) is 0 Å². The van der Waals surface area contributed by atoms with Crippen LogP contribution in [-0.2, 0) is 0 Å². The second-order valence-corrected chi connectivity index (χ2v) is 6.02. The van der Waals surface area contributed by atoms with Gasteiger partial charge in [0, 0.05) is 4.47 Å². The molecule has 2 heteroatoms. The zero-order valence-corrected chi connectivity index (χ0v) is 12.4. The highest BCUT2D eigenvalue weighted by Crippen LogP contribution is 2.32. The van der Waals surface area contributed by atoms with Crippen LogP contribution in [0.2, 0.25) is 0 Å². The maximum Gasteiger partial charge on any atom is 0.0796 e. The van der Waals surface area contributed by atoms with Crippen molar-refractivity contribution in [1.29, 1.82) is 0 Å². The fraction of sp³-hybridized carbons (Fsp3) is 0.375. The number of hydrogen-bond donors (Lipinski definition) is 1. The molecule has 0 saturated carbocycles. The second-order valence-electron chi connectivity index (χ2n) is 5.17. The first-order chi connectivity index (χ1) is 8.59. The molecule has 0 heterocycles. The van der Waals surface area contributed by atoms with Gasteiger partial charge < -0.3 is 5.11 Å². The highest BCUT2D eigenvalue weighted by atomic mass is 79.9. The Morgan fingerprint density at radius 2 is 1.67 bits per heavy atom. The van der Waals surface area contributed by atoms with Crippen LogP contribution in [0.5, 0.6) is 0 Å². The van der Waals surface area contributed by atoms with Crippen LogP contribution in [0.15, 0.2) is 40.9 Å². The maximum absolute atomic E-state index is 10.3. The molecule has 1 N–H and O–H groups in total. The Labute approximate surface area is 117 Å². The minimum atomic E-state index is -0.370. The Kier molecular flexibility index (Phi) is 4.41. The molecule has 0 radical (unpaired) electrons. The van der Waals surface area contributed by atoms with Gasteiger partial charge in [-0.1, -0.05) is 60.1 Å².